The summed E-state index contributed by atoms with van der Waals surface area (Å²) in [7, 11) is 2.12. The smallest absolute Gasteiger partial charge is 0.0900 e. The lowest BCUT2D eigenvalue weighted by molar-refractivity contribution is -0.0199. The zero-order valence-electron chi connectivity index (χ0n) is 25.4. The first kappa shape index (κ1) is 30.4. The Morgan fingerprint density at radius 2 is 1.28 bits per heavy atom. The van der Waals surface area contributed by atoms with Gasteiger partial charge in [-0.05, 0) is 41.3 Å². The minimum atomic E-state index is -0.556. The molecule has 0 bridgehead atoms. The van der Waals surface area contributed by atoms with Gasteiger partial charge in [0.1, 0.15) is 0 Å². The fraction of sp³-hybridized carbons (Fsp3) is 0.500. The van der Waals surface area contributed by atoms with Crippen molar-refractivity contribution in [3.63, 3.8) is 0 Å². The number of hydrogen-bond acceptors (Lipinski definition) is 7. The fourth-order valence-corrected chi connectivity index (χ4v) is 7.28. The molecule has 43 heavy (non-hydrogen) atoms. The zero-order chi connectivity index (χ0) is 29.6. The molecule has 230 valence electrons. The first-order valence-corrected chi connectivity index (χ1v) is 15.9. The molecule has 7 heteroatoms. The molecule has 0 amide bonds. The van der Waals surface area contributed by atoms with Crippen molar-refractivity contribution in [1.82, 2.24) is 14.7 Å². The summed E-state index contributed by atoms with van der Waals surface area (Å²) in [6.45, 7) is 7.80. The number of likely N-dealkylation sites (tertiary alicyclic amines) is 1. The van der Waals surface area contributed by atoms with E-state index >= 15 is 0 Å². The van der Waals surface area contributed by atoms with Gasteiger partial charge in [-0.2, -0.15) is 0 Å². The molecular weight excluding hydrogens is 538 g/mol. The minimum Gasteiger partial charge on any atom is -0.389 e. The highest BCUT2D eigenvalue weighted by atomic mass is 16.5. The normalized spacial score (nSPS) is 24.4. The van der Waals surface area contributed by atoms with Crippen molar-refractivity contribution in [2.24, 2.45) is 0 Å². The number of β-amino-alcohol motifs (C(OH)–C–C–N with tert-alkyl or cyclic N) is 2. The molecule has 0 aromatic heterocycles. The van der Waals surface area contributed by atoms with E-state index in [-0.39, 0.29) is 17.9 Å². The van der Waals surface area contributed by atoms with Gasteiger partial charge in [0.25, 0.3) is 0 Å². The maximum atomic E-state index is 11.0. The third-order valence-electron chi connectivity index (χ3n) is 9.32. The van der Waals surface area contributed by atoms with Crippen LogP contribution in [-0.4, -0.2) is 103 Å². The predicted octanol–water partition coefficient (Wildman–Crippen LogP) is 3.84. The average molecular weight is 586 g/mol. The Kier molecular flexibility index (Phi) is 10.2. The van der Waals surface area contributed by atoms with Gasteiger partial charge < -0.3 is 24.6 Å². The number of likely N-dealkylation sites (N-methyl/N-ethyl adjacent to an activating group) is 1. The maximum absolute atomic E-state index is 11.0. The summed E-state index contributed by atoms with van der Waals surface area (Å²) in [5.74, 6) is 0.575. The summed E-state index contributed by atoms with van der Waals surface area (Å²) in [5, 5.41) is 21.9. The van der Waals surface area contributed by atoms with Crippen LogP contribution < -0.4 is 0 Å². The quantitative estimate of drug-likeness (QED) is 0.335. The number of fused-ring (bicyclic) bond motifs is 2. The Morgan fingerprint density at radius 1 is 0.721 bits per heavy atom. The Labute approximate surface area is 256 Å². The molecule has 5 unspecified atom stereocenters. The van der Waals surface area contributed by atoms with E-state index in [0.29, 0.717) is 32.9 Å². The number of aliphatic hydroxyl groups excluding tert-OH is 2. The van der Waals surface area contributed by atoms with E-state index in [2.05, 4.69) is 70.3 Å². The number of ether oxygens (including phenoxy) is 2. The second kappa shape index (κ2) is 14.4. The number of nitrogens with zero attached hydrogens (tertiary/aromatic N) is 3. The lowest BCUT2D eigenvalue weighted by Crippen LogP contribution is -2.46. The van der Waals surface area contributed by atoms with Crippen molar-refractivity contribution in [2.75, 3.05) is 59.5 Å². The molecule has 6 rings (SSSR count). The lowest BCUT2D eigenvalue weighted by atomic mass is 9.74. The van der Waals surface area contributed by atoms with E-state index in [1.165, 1.54) is 22.3 Å². The van der Waals surface area contributed by atoms with E-state index in [0.717, 1.165) is 51.3 Å². The van der Waals surface area contributed by atoms with Gasteiger partial charge in [-0.3, -0.25) is 9.80 Å². The van der Waals surface area contributed by atoms with Crippen LogP contribution in [0.25, 0.3) is 0 Å². The van der Waals surface area contributed by atoms with Crippen molar-refractivity contribution in [1.29, 1.82) is 0 Å². The van der Waals surface area contributed by atoms with E-state index in [9.17, 15) is 10.2 Å². The second-order valence-corrected chi connectivity index (χ2v) is 12.8. The topological polar surface area (TPSA) is 68.6 Å². The maximum Gasteiger partial charge on any atom is 0.0900 e. The van der Waals surface area contributed by atoms with Crippen LogP contribution in [0.15, 0.2) is 78.9 Å². The minimum absolute atomic E-state index is 0.221. The molecule has 2 N–H and O–H groups in total. The molecule has 3 aromatic carbocycles. The molecule has 0 radical (unpaired) electrons. The van der Waals surface area contributed by atoms with Crippen LogP contribution in [0.1, 0.15) is 46.1 Å². The number of rotatable bonds is 12. The van der Waals surface area contributed by atoms with Crippen LogP contribution in [0, 0.1) is 0 Å². The number of aliphatic hydroxyl groups is 2. The molecule has 0 aliphatic carbocycles. The van der Waals surface area contributed by atoms with Crippen LogP contribution in [0.3, 0.4) is 0 Å². The molecule has 1 fully saturated rings. The van der Waals surface area contributed by atoms with Gasteiger partial charge >= 0.3 is 0 Å². The summed E-state index contributed by atoms with van der Waals surface area (Å²) in [4.78, 5) is 7.09. The first-order valence-electron chi connectivity index (χ1n) is 15.9. The van der Waals surface area contributed by atoms with Crippen LogP contribution >= 0.6 is 0 Å². The number of benzene rings is 3. The summed E-state index contributed by atoms with van der Waals surface area (Å²) in [6, 6.07) is 27.7. The molecule has 5 atom stereocenters. The summed E-state index contributed by atoms with van der Waals surface area (Å²) in [5.41, 5.74) is 6.61. The fourth-order valence-electron chi connectivity index (χ4n) is 7.28. The second-order valence-electron chi connectivity index (χ2n) is 12.8. The van der Waals surface area contributed by atoms with E-state index in [4.69, 9.17) is 9.47 Å². The molecule has 3 heterocycles. The van der Waals surface area contributed by atoms with Gasteiger partial charge in [-0.15, -0.1) is 0 Å². The van der Waals surface area contributed by atoms with Crippen molar-refractivity contribution in [2.45, 2.75) is 56.3 Å². The van der Waals surface area contributed by atoms with Crippen molar-refractivity contribution >= 4 is 0 Å². The van der Waals surface area contributed by atoms with Gasteiger partial charge in [-0.25, -0.2) is 0 Å². The van der Waals surface area contributed by atoms with Crippen LogP contribution in [0.2, 0.25) is 0 Å². The largest absolute Gasteiger partial charge is 0.389 e. The van der Waals surface area contributed by atoms with Crippen LogP contribution in [0.5, 0.6) is 0 Å². The Morgan fingerprint density at radius 3 is 1.86 bits per heavy atom. The highest BCUT2D eigenvalue weighted by Gasteiger charge is 2.37. The van der Waals surface area contributed by atoms with Gasteiger partial charge in [0.15, 0.2) is 0 Å². The monoisotopic (exact) mass is 585 g/mol. The van der Waals surface area contributed by atoms with E-state index in [1.54, 1.807) is 0 Å². The molecule has 3 aromatic rings. The van der Waals surface area contributed by atoms with Crippen molar-refractivity contribution in [3.05, 3.63) is 107 Å². The van der Waals surface area contributed by atoms with Crippen LogP contribution in [0.4, 0.5) is 0 Å². The van der Waals surface area contributed by atoms with Gasteiger partial charge in [-0.1, -0.05) is 78.9 Å². The molecule has 3 aliphatic rings. The SMILES string of the molecule is CN1CCC(OCC(O)CN2Cc3ccccc3C(C3CN(CC(O)COCc4ccccc4)Cc4ccccc43)C2)C1. The lowest BCUT2D eigenvalue weighted by Gasteiger charge is -2.44. The van der Waals surface area contributed by atoms with Gasteiger partial charge in [0, 0.05) is 64.2 Å². The first-order chi connectivity index (χ1) is 21.0. The Bertz CT molecular complexity index is 1310. The highest BCUT2D eigenvalue weighted by molar-refractivity contribution is 5.41. The summed E-state index contributed by atoms with van der Waals surface area (Å²) >= 11 is 0. The van der Waals surface area contributed by atoms with Gasteiger partial charge in [0.2, 0.25) is 0 Å². The Hall–Kier alpha value is -2.62. The Balaban J connectivity index is 1.12. The third kappa shape index (κ3) is 7.91. The van der Waals surface area contributed by atoms with Gasteiger partial charge in [0.05, 0.1) is 38.1 Å². The van der Waals surface area contributed by atoms with E-state index < -0.39 is 12.2 Å². The molecular formula is C36H47N3O4. The number of hydrogen-bond donors (Lipinski definition) is 2. The molecule has 0 spiro atoms. The standard InChI is InChI=1S/C36H47N3O4/c1-37-16-15-32(21-37)43-26-31(41)20-39-18-29-12-6-8-14-34(29)36(23-39)35-22-38(17-28-11-5-7-13-33(28)35)19-30(40)25-42-24-27-9-3-2-4-10-27/h2-14,30-32,35-36,40-41H,15-26H2,1H3. The van der Waals surface area contributed by atoms with Crippen molar-refractivity contribution in [3.8, 4) is 0 Å². The average Bonchev–Trinajstić information content (AvgIpc) is 3.44. The molecule has 0 saturated carbocycles. The summed E-state index contributed by atoms with van der Waals surface area (Å²) < 4.78 is 12.0. The third-order valence-corrected chi connectivity index (χ3v) is 9.32. The molecule has 3 aliphatic heterocycles. The zero-order valence-corrected chi connectivity index (χ0v) is 25.4. The molecule has 1 saturated heterocycles. The van der Waals surface area contributed by atoms with E-state index in [1.807, 2.05) is 30.3 Å². The van der Waals surface area contributed by atoms with Crippen molar-refractivity contribution < 1.29 is 19.7 Å². The molecule has 7 nitrogen and oxygen atoms in total. The summed E-state index contributed by atoms with van der Waals surface area (Å²) in [6.07, 6.45) is 0.184. The highest BCUT2D eigenvalue weighted by Crippen LogP contribution is 2.42. The predicted molar refractivity (Wildman–Crippen MR) is 169 cm³/mol. The van der Waals surface area contributed by atoms with Crippen LogP contribution in [-0.2, 0) is 29.2 Å².